The van der Waals surface area contributed by atoms with E-state index in [0.29, 0.717) is 16.3 Å². The van der Waals surface area contributed by atoms with Crippen LogP contribution in [-0.4, -0.2) is 36.1 Å². The molecule has 8 heteroatoms. The van der Waals surface area contributed by atoms with Gasteiger partial charge in [0.2, 0.25) is 0 Å². The van der Waals surface area contributed by atoms with Crippen LogP contribution >= 0.6 is 11.6 Å². The number of oxime groups is 1. The highest BCUT2D eigenvalue weighted by molar-refractivity contribution is 7.92. The van der Waals surface area contributed by atoms with Crippen molar-refractivity contribution in [2.75, 3.05) is 5.75 Å². The van der Waals surface area contributed by atoms with Crippen LogP contribution in [0.1, 0.15) is 19.4 Å². The predicted octanol–water partition coefficient (Wildman–Crippen LogP) is 2.66. The molecule has 1 aromatic carbocycles. The third kappa shape index (κ3) is 3.48. The first-order valence-corrected chi connectivity index (χ1v) is 9.72. The molecule has 2 aliphatic rings. The molecule has 1 atom stereocenters. The molecule has 0 spiro atoms. The molecule has 1 unspecified atom stereocenters. The van der Waals surface area contributed by atoms with Gasteiger partial charge >= 0.3 is 0 Å². The molecule has 2 heterocycles. The maximum Gasteiger partial charge on any atom is 0.258 e. The number of hydrogen-bond donors (Lipinski definition) is 0. The molecule has 3 rings (SSSR count). The first kappa shape index (κ1) is 17.7. The van der Waals surface area contributed by atoms with Crippen LogP contribution in [0.3, 0.4) is 0 Å². The number of carbonyl (C=O) groups is 1. The summed E-state index contributed by atoms with van der Waals surface area (Å²) in [5.74, 6) is -0.369. The van der Waals surface area contributed by atoms with Crippen LogP contribution < -0.4 is 0 Å². The molecular formula is C17H17ClN2O4S. The summed E-state index contributed by atoms with van der Waals surface area (Å²) in [4.78, 5) is 18.6. The zero-order valence-corrected chi connectivity index (χ0v) is 15.3. The fourth-order valence-corrected chi connectivity index (χ4v) is 4.93. The van der Waals surface area contributed by atoms with Gasteiger partial charge < -0.3 is 4.84 Å². The number of rotatable bonds is 4. The van der Waals surface area contributed by atoms with Crippen LogP contribution in [0.2, 0.25) is 5.02 Å². The summed E-state index contributed by atoms with van der Waals surface area (Å²) >= 11 is 6.03. The lowest BCUT2D eigenvalue weighted by Gasteiger charge is -2.42. The largest absolute Gasteiger partial charge is 0.391 e. The Morgan fingerprint density at radius 2 is 2.16 bits per heavy atom. The van der Waals surface area contributed by atoms with Gasteiger partial charge in [0.25, 0.3) is 5.91 Å². The number of fused-ring (bicyclic) bond motifs is 1. The molecule has 0 bridgehead atoms. The fourth-order valence-electron chi connectivity index (χ4n) is 2.81. The van der Waals surface area contributed by atoms with Gasteiger partial charge in [-0.25, -0.2) is 8.42 Å². The van der Waals surface area contributed by atoms with Gasteiger partial charge in [0, 0.05) is 16.8 Å². The summed E-state index contributed by atoms with van der Waals surface area (Å²) in [6, 6.07) is 7.24. The predicted molar refractivity (Wildman–Crippen MR) is 95.6 cm³/mol. The van der Waals surface area contributed by atoms with E-state index >= 15 is 0 Å². The van der Waals surface area contributed by atoms with Crippen LogP contribution in [0, 0.1) is 0 Å². The fraction of sp³-hybridized carbons (Fsp3) is 0.294. The molecule has 1 aromatic rings. The molecule has 0 saturated carbocycles. The summed E-state index contributed by atoms with van der Waals surface area (Å²) < 4.78 is 24.5. The molecule has 2 aliphatic heterocycles. The van der Waals surface area contributed by atoms with E-state index in [-0.39, 0.29) is 23.8 Å². The highest BCUT2D eigenvalue weighted by Crippen LogP contribution is 2.35. The second-order valence-electron chi connectivity index (χ2n) is 6.04. The minimum atomic E-state index is -3.41. The van der Waals surface area contributed by atoms with E-state index in [9.17, 15) is 13.2 Å². The van der Waals surface area contributed by atoms with Crippen molar-refractivity contribution in [2.24, 2.45) is 5.16 Å². The molecule has 1 fully saturated rings. The molecule has 0 aromatic heterocycles. The Morgan fingerprint density at radius 1 is 1.44 bits per heavy atom. The normalized spacial score (nSPS) is 23.8. The van der Waals surface area contributed by atoms with Crippen molar-refractivity contribution >= 4 is 33.1 Å². The number of allylic oxidation sites excluding steroid dienone is 1. The number of nitrogens with zero attached hydrogens (tertiary/aromatic N) is 2. The maximum absolute atomic E-state index is 12.3. The van der Waals surface area contributed by atoms with Crippen LogP contribution in [0.4, 0.5) is 0 Å². The Kier molecular flexibility index (Phi) is 4.71. The number of sulfone groups is 1. The lowest BCUT2D eigenvalue weighted by atomic mass is 10.0. The SMILES string of the molecule is CC1=CN2C(=O)/C(=C/C(C)=N\OCc3ccccc3Cl)C2S(=O)(=O)C1. The van der Waals surface area contributed by atoms with Gasteiger partial charge in [-0.15, -0.1) is 0 Å². The van der Waals surface area contributed by atoms with Gasteiger partial charge in [0.15, 0.2) is 15.2 Å². The van der Waals surface area contributed by atoms with Crippen molar-refractivity contribution < 1.29 is 18.0 Å². The minimum Gasteiger partial charge on any atom is -0.391 e. The van der Waals surface area contributed by atoms with Crippen LogP contribution in [0.15, 0.2) is 52.8 Å². The molecule has 1 amide bonds. The topological polar surface area (TPSA) is 76.0 Å². The molecular weight excluding hydrogens is 364 g/mol. The van der Waals surface area contributed by atoms with E-state index in [4.69, 9.17) is 16.4 Å². The van der Waals surface area contributed by atoms with Crippen molar-refractivity contribution in [1.29, 1.82) is 0 Å². The molecule has 0 aliphatic carbocycles. The quantitative estimate of drug-likeness (QED) is 0.348. The second-order valence-corrected chi connectivity index (χ2v) is 8.51. The number of halogens is 1. The lowest BCUT2D eigenvalue weighted by Crippen LogP contribution is -2.58. The third-order valence-electron chi connectivity index (χ3n) is 3.88. The van der Waals surface area contributed by atoms with Gasteiger partial charge in [-0.2, -0.15) is 0 Å². The van der Waals surface area contributed by atoms with Gasteiger partial charge in [0.05, 0.1) is 17.0 Å². The van der Waals surface area contributed by atoms with Crippen molar-refractivity contribution in [2.45, 2.75) is 25.8 Å². The average Bonchev–Trinajstić information content (AvgIpc) is 2.53. The smallest absolute Gasteiger partial charge is 0.258 e. The third-order valence-corrected chi connectivity index (χ3v) is 6.27. The van der Waals surface area contributed by atoms with Crippen LogP contribution in [0.25, 0.3) is 0 Å². The van der Waals surface area contributed by atoms with Crippen molar-refractivity contribution in [3.05, 3.63) is 58.3 Å². The summed E-state index contributed by atoms with van der Waals surface area (Å²) in [5, 5.41) is 3.58. The van der Waals surface area contributed by atoms with Gasteiger partial charge in [-0.05, 0) is 31.6 Å². The van der Waals surface area contributed by atoms with Crippen LogP contribution in [0.5, 0.6) is 0 Å². The molecule has 1 saturated heterocycles. The Bertz CT molecular complexity index is 918. The number of β-lactam (4-membered cyclic amide) rings is 1. The summed E-state index contributed by atoms with van der Waals surface area (Å²) in [6.07, 6.45) is 3.05. The van der Waals surface area contributed by atoms with Crippen molar-refractivity contribution in [3.8, 4) is 0 Å². The van der Waals surface area contributed by atoms with E-state index in [0.717, 1.165) is 5.56 Å². The number of amides is 1. The number of benzene rings is 1. The summed E-state index contributed by atoms with van der Waals surface area (Å²) in [7, 11) is -3.41. The van der Waals surface area contributed by atoms with E-state index < -0.39 is 15.2 Å². The molecule has 0 radical (unpaired) electrons. The van der Waals surface area contributed by atoms with E-state index in [1.807, 2.05) is 18.2 Å². The molecule has 132 valence electrons. The van der Waals surface area contributed by atoms with Crippen molar-refractivity contribution in [1.82, 2.24) is 4.90 Å². The van der Waals surface area contributed by atoms with Crippen molar-refractivity contribution in [3.63, 3.8) is 0 Å². The Balaban J connectivity index is 1.72. The van der Waals surface area contributed by atoms with Gasteiger partial charge in [0.1, 0.15) is 6.61 Å². The molecule has 25 heavy (non-hydrogen) atoms. The Labute approximate surface area is 151 Å². The Morgan fingerprint density at radius 3 is 2.88 bits per heavy atom. The first-order valence-electron chi connectivity index (χ1n) is 7.62. The summed E-state index contributed by atoms with van der Waals surface area (Å²) in [6.45, 7) is 3.52. The van der Waals surface area contributed by atoms with Gasteiger partial charge in [-0.3, -0.25) is 9.69 Å². The highest BCUT2D eigenvalue weighted by Gasteiger charge is 2.51. The maximum atomic E-state index is 12.3. The van der Waals surface area contributed by atoms with Crippen LogP contribution in [-0.2, 0) is 26.1 Å². The average molecular weight is 381 g/mol. The zero-order valence-electron chi connectivity index (χ0n) is 13.8. The monoisotopic (exact) mass is 380 g/mol. The number of hydrogen-bond acceptors (Lipinski definition) is 5. The summed E-state index contributed by atoms with van der Waals surface area (Å²) in [5.41, 5.74) is 2.06. The van der Waals surface area contributed by atoms with E-state index in [1.54, 1.807) is 26.1 Å². The lowest BCUT2D eigenvalue weighted by molar-refractivity contribution is -0.130. The number of carbonyl (C=O) groups excluding carboxylic acids is 1. The zero-order chi connectivity index (χ0) is 18.2. The highest BCUT2D eigenvalue weighted by atomic mass is 35.5. The minimum absolute atomic E-state index is 0.0437. The van der Waals surface area contributed by atoms with Gasteiger partial charge in [-0.1, -0.05) is 35.0 Å². The second kappa shape index (κ2) is 6.65. The molecule has 6 nitrogen and oxygen atoms in total. The standard InChI is InChI=1S/C17H17ClN2O4S/c1-11-8-20-16(21)14(17(20)25(22,23)10-11)7-12(2)19-24-9-13-5-3-4-6-15(13)18/h3-8,17H,9-10H2,1-2H3/b14-7-,19-12-. The first-order chi connectivity index (χ1) is 11.8. The van der Waals surface area contributed by atoms with E-state index in [1.165, 1.54) is 11.0 Å². The van der Waals surface area contributed by atoms with E-state index in [2.05, 4.69) is 5.16 Å². The molecule has 0 N–H and O–H groups in total. The Hall–Kier alpha value is -2.12.